The summed E-state index contributed by atoms with van der Waals surface area (Å²) in [5, 5.41) is 8.62. The number of hydrogen-bond donors (Lipinski definition) is 1. The van der Waals surface area contributed by atoms with Crippen molar-refractivity contribution in [2.24, 2.45) is 11.8 Å². The molecular formula is C8H9F6NO4S. The summed E-state index contributed by atoms with van der Waals surface area (Å²) in [6.45, 7) is -2.45. The van der Waals surface area contributed by atoms with Crippen molar-refractivity contribution in [1.82, 2.24) is 4.31 Å². The lowest BCUT2D eigenvalue weighted by Gasteiger charge is -2.18. The molecule has 0 unspecified atom stereocenters. The molecule has 5 nitrogen and oxygen atoms in total. The zero-order valence-electron chi connectivity index (χ0n) is 9.57. The van der Waals surface area contributed by atoms with Crippen LogP contribution < -0.4 is 0 Å². The van der Waals surface area contributed by atoms with Crippen LogP contribution in [-0.4, -0.2) is 55.0 Å². The Bertz CT molecular complexity index is 484. The molecule has 0 saturated carbocycles. The van der Waals surface area contributed by atoms with E-state index in [0.29, 0.717) is 0 Å². The van der Waals surface area contributed by atoms with E-state index < -0.39 is 59.0 Å². The number of nitrogens with zero attached hydrogens (tertiary/aromatic N) is 1. The number of halogens is 6. The van der Waals surface area contributed by atoms with Gasteiger partial charge in [-0.2, -0.15) is 26.3 Å². The highest BCUT2D eigenvalue weighted by molar-refractivity contribution is 7.89. The zero-order chi connectivity index (χ0) is 15.9. The minimum absolute atomic E-state index is 0.0720. The Balaban J connectivity index is 2.99. The third-order valence-electron chi connectivity index (χ3n) is 2.76. The Hall–Kier alpha value is -1.04. The maximum absolute atomic E-state index is 12.6. The summed E-state index contributed by atoms with van der Waals surface area (Å²) < 4.78 is 96.4. The number of rotatable bonds is 3. The van der Waals surface area contributed by atoms with E-state index >= 15 is 0 Å². The zero-order valence-corrected chi connectivity index (χ0v) is 10.4. The molecule has 1 aliphatic rings. The van der Waals surface area contributed by atoms with Gasteiger partial charge in [-0.1, -0.05) is 0 Å². The van der Waals surface area contributed by atoms with Crippen molar-refractivity contribution in [3.63, 3.8) is 0 Å². The average molecular weight is 329 g/mol. The lowest BCUT2D eigenvalue weighted by atomic mass is 9.96. The van der Waals surface area contributed by atoms with Gasteiger partial charge in [-0.15, -0.1) is 0 Å². The summed E-state index contributed by atoms with van der Waals surface area (Å²) >= 11 is 0. The normalized spacial score (nSPS) is 25.9. The molecule has 118 valence electrons. The molecule has 1 aliphatic heterocycles. The molecule has 1 saturated heterocycles. The van der Waals surface area contributed by atoms with Crippen LogP contribution in [0.15, 0.2) is 0 Å². The molecule has 0 amide bonds. The topological polar surface area (TPSA) is 74.7 Å². The molecular weight excluding hydrogens is 320 g/mol. The second kappa shape index (κ2) is 5.06. The van der Waals surface area contributed by atoms with Crippen molar-refractivity contribution in [2.75, 3.05) is 18.8 Å². The van der Waals surface area contributed by atoms with Gasteiger partial charge in [0.2, 0.25) is 10.0 Å². The summed E-state index contributed by atoms with van der Waals surface area (Å²) in [5.74, 6) is -8.87. The second-order valence-corrected chi connectivity index (χ2v) is 6.25. The van der Waals surface area contributed by atoms with Crippen molar-refractivity contribution >= 4 is 16.0 Å². The first kappa shape index (κ1) is 17.0. The molecule has 0 aliphatic carbocycles. The van der Waals surface area contributed by atoms with Crippen molar-refractivity contribution in [3.8, 4) is 0 Å². The molecule has 0 bridgehead atoms. The van der Waals surface area contributed by atoms with Crippen LogP contribution in [0.25, 0.3) is 0 Å². The molecule has 1 fully saturated rings. The molecule has 1 heterocycles. The highest BCUT2D eigenvalue weighted by atomic mass is 32.2. The maximum Gasteiger partial charge on any atom is 0.404 e. The molecule has 2 atom stereocenters. The monoisotopic (exact) mass is 329 g/mol. The third-order valence-corrected chi connectivity index (χ3v) is 4.54. The largest absolute Gasteiger partial charge is 0.481 e. The lowest BCUT2D eigenvalue weighted by molar-refractivity contribution is -0.187. The molecule has 0 aromatic carbocycles. The van der Waals surface area contributed by atoms with Gasteiger partial charge < -0.3 is 5.11 Å². The first-order chi connectivity index (χ1) is 8.74. The lowest BCUT2D eigenvalue weighted by Crippen LogP contribution is -2.37. The van der Waals surface area contributed by atoms with Crippen molar-refractivity contribution < 1.29 is 44.7 Å². The van der Waals surface area contributed by atoms with Gasteiger partial charge in [0, 0.05) is 13.1 Å². The molecule has 0 spiro atoms. The van der Waals surface area contributed by atoms with E-state index in [1.54, 1.807) is 0 Å². The molecule has 0 aromatic heterocycles. The van der Waals surface area contributed by atoms with Gasteiger partial charge >= 0.3 is 18.3 Å². The van der Waals surface area contributed by atoms with Gasteiger partial charge in [0.05, 0.1) is 11.8 Å². The smallest absolute Gasteiger partial charge is 0.404 e. The molecule has 0 radical (unpaired) electrons. The summed E-state index contributed by atoms with van der Waals surface area (Å²) in [6, 6.07) is 0. The number of aliphatic carboxylic acids is 1. The van der Waals surface area contributed by atoms with Crippen molar-refractivity contribution in [2.45, 2.75) is 12.4 Å². The Labute approximate surface area is 109 Å². The minimum Gasteiger partial charge on any atom is -0.481 e. The fourth-order valence-corrected chi connectivity index (χ4v) is 3.25. The van der Waals surface area contributed by atoms with Gasteiger partial charge in [-0.3, -0.25) is 4.79 Å². The molecule has 1 N–H and O–H groups in total. The van der Waals surface area contributed by atoms with Gasteiger partial charge in [-0.05, 0) is 0 Å². The first-order valence-electron chi connectivity index (χ1n) is 5.08. The van der Waals surface area contributed by atoms with Crippen LogP contribution in [0, 0.1) is 11.8 Å². The Kier molecular flexibility index (Phi) is 4.30. The minimum atomic E-state index is -5.12. The maximum atomic E-state index is 12.6. The van der Waals surface area contributed by atoms with Crippen molar-refractivity contribution in [3.05, 3.63) is 0 Å². The number of carbonyl (C=O) groups is 1. The second-order valence-electron chi connectivity index (χ2n) is 4.28. The van der Waals surface area contributed by atoms with Crippen molar-refractivity contribution in [1.29, 1.82) is 0 Å². The van der Waals surface area contributed by atoms with Gasteiger partial charge in [0.1, 0.15) is 0 Å². The van der Waals surface area contributed by atoms with E-state index in [-0.39, 0.29) is 4.31 Å². The number of carboxylic acid groups (broad SMARTS) is 1. The Morgan fingerprint density at radius 2 is 1.65 bits per heavy atom. The van der Waals surface area contributed by atoms with Crippen LogP contribution in [0.5, 0.6) is 0 Å². The SMILES string of the molecule is O=C(O)[C@@H]1CN(S(=O)(=O)CC(F)(F)F)C[C@H]1C(F)(F)F. The van der Waals surface area contributed by atoms with Crippen LogP contribution >= 0.6 is 0 Å². The summed E-state index contributed by atoms with van der Waals surface area (Å²) in [7, 11) is -5.03. The summed E-state index contributed by atoms with van der Waals surface area (Å²) in [5.41, 5.74) is 0. The summed E-state index contributed by atoms with van der Waals surface area (Å²) in [6.07, 6.45) is -10.1. The van der Waals surface area contributed by atoms with Crippen LogP contribution in [0.3, 0.4) is 0 Å². The van der Waals surface area contributed by atoms with Gasteiger partial charge in [0.15, 0.2) is 5.75 Å². The van der Waals surface area contributed by atoms with Crippen LogP contribution in [0.1, 0.15) is 0 Å². The van der Waals surface area contributed by atoms with Crippen LogP contribution in [-0.2, 0) is 14.8 Å². The van der Waals surface area contributed by atoms with E-state index in [9.17, 15) is 39.6 Å². The average Bonchev–Trinajstić information content (AvgIpc) is 2.56. The predicted octanol–water partition coefficient (Wildman–Crippen LogP) is 1.07. The highest BCUT2D eigenvalue weighted by Gasteiger charge is 2.55. The van der Waals surface area contributed by atoms with E-state index in [0.717, 1.165) is 0 Å². The highest BCUT2D eigenvalue weighted by Crippen LogP contribution is 2.39. The van der Waals surface area contributed by atoms with Gasteiger partial charge in [-0.25, -0.2) is 12.7 Å². The van der Waals surface area contributed by atoms with Gasteiger partial charge in [0.25, 0.3) is 0 Å². The molecule has 0 aromatic rings. The van der Waals surface area contributed by atoms with E-state index in [1.165, 1.54) is 0 Å². The number of alkyl halides is 6. The summed E-state index contributed by atoms with van der Waals surface area (Å²) in [4.78, 5) is 10.7. The molecule has 20 heavy (non-hydrogen) atoms. The fraction of sp³-hybridized carbons (Fsp3) is 0.875. The standard InChI is InChI=1S/C8H9F6NO4S/c9-7(10,11)3-20(18,19)15-1-4(6(16)17)5(2-15)8(12,13)14/h4-5H,1-3H2,(H,16,17)/t4-,5-/m1/s1. The third kappa shape index (κ3) is 3.98. The number of carboxylic acids is 1. The molecule has 1 rings (SSSR count). The van der Waals surface area contributed by atoms with Crippen LogP contribution in [0.2, 0.25) is 0 Å². The quantitative estimate of drug-likeness (QED) is 0.786. The number of hydrogen-bond acceptors (Lipinski definition) is 3. The Morgan fingerprint density at radius 1 is 1.15 bits per heavy atom. The fourth-order valence-electron chi connectivity index (χ4n) is 1.87. The first-order valence-corrected chi connectivity index (χ1v) is 6.69. The number of sulfonamides is 1. The predicted molar refractivity (Wildman–Crippen MR) is 52.1 cm³/mol. The Morgan fingerprint density at radius 3 is 1.95 bits per heavy atom. The van der Waals surface area contributed by atoms with E-state index in [1.807, 2.05) is 0 Å². The molecule has 12 heteroatoms. The van der Waals surface area contributed by atoms with E-state index in [4.69, 9.17) is 5.11 Å². The van der Waals surface area contributed by atoms with E-state index in [2.05, 4.69) is 0 Å². The van der Waals surface area contributed by atoms with Crippen LogP contribution in [0.4, 0.5) is 26.3 Å².